The molecule has 0 amide bonds. The number of aryl methyl sites for hydroxylation is 1. The van der Waals surface area contributed by atoms with Gasteiger partial charge >= 0.3 is 0 Å². The molecule has 1 unspecified atom stereocenters. The van der Waals surface area contributed by atoms with Crippen LogP contribution >= 0.6 is 0 Å². The van der Waals surface area contributed by atoms with Crippen molar-refractivity contribution < 1.29 is 4.84 Å². The third kappa shape index (κ3) is 2.92. The van der Waals surface area contributed by atoms with E-state index in [2.05, 4.69) is 35.5 Å². The molecule has 1 N–H and O–H groups in total. The lowest BCUT2D eigenvalue weighted by Crippen LogP contribution is -2.36. The predicted molar refractivity (Wildman–Crippen MR) is 94.5 cm³/mol. The third-order valence-corrected chi connectivity index (χ3v) is 5.53. The number of allylic oxidation sites excluding steroid dienone is 1. The van der Waals surface area contributed by atoms with E-state index >= 15 is 0 Å². The van der Waals surface area contributed by atoms with Gasteiger partial charge in [-0.25, -0.2) is 5.06 Å². The van der Waals surface area contributed by atoms with Crippen molar-refractivity contribution in [2.75, 3.05) is 18.2 Å². The Morgan fingerprint density at radius 1 is 1.22 bits per heavy atom. The summed E-state index contributed by atoms with van der Waals surface area (Å²) in [5, 5.41) is 5.89. The number of nitrogens with zero attached hydrogens (tertiary/aromatic N) is 1. The molecule has 4 rings (SSSR count). The van der Waals surface area contributed by atoms with E-state index in [0.717, 1.165) is 19.6 Å². The minimum absolute atomic E-state index is 0.617. The molecule has 1 aromatic carbocycles. The maximum absolute atomic E-state index is 6.11. The van der Waals surface area contributed by atoms with E-state index in [1.54, 1.807) is 0 Å². The van der Waals surface area contributed by atoms with Crippen LogP contribution in [0.1, 0.15) is 56.6 Å². The molecule has 1 atom stereocenters. The molecule has 3 nitrogen and oxygen atoms in total. The molecule has 23 heavy (non-hydrogen) atoms. The summed E-state index contributed by atoms with van der Waals surface area (Å²) in [5.74, 6) is 0. The standard InChI is InChI=1S/C20H28N2O/c1-2-12-21-17-11-10-15-7-5-9-20(18(15)13-17)22-19-8-4-3-6-16(19)14-23-22/h5,7,9,17,21H,2-4,6,8,10-14H2,1H3. The minimum Gasteiger partial charge on any atom is -0.314 e. The Balaban J connectivity index is 1.62. The van der Waals surface area contributed by atoms with E-state index in [9.17, 15) is 0 Å². The van der Waals surface area contributed by atoms with Gasteiger partial charge in [0.05, 0.1) is 12.3 Å². The number of hydrogen-bond donors (Lipinski definition) is 1. The average molecular weight is 312 g/mol. The van der Waals surface area contributed by atoms with Crippen LogP contribution in [0, 0.1) is 0 Å². The Hall–Kier alpha value is -1.32. The predicted octanol–water partition coefficient (Wildman–Crippen LogP) is 4.12. The van der Waals surface area contributed by atoms with Crippen LogP contribution in [0.2, 0.25) is 0 Å². The smallest absolute Gasteiger partial charge is 0.0984 e. The van der Waals surface area contributed by atoms with Gasteiger partial charge < -0.3 is 5.32 Å². The Morgan fingerprint density at radius 3 is 3.04 bits per heavy atom. The lowest BCUT2D eigenvalue weighted by atomic mass is 9.86. The minimum atomic E-state index is 0.617. The number of fused-ring (bicyclic) bond motifs is 1. The molecule has 0 bridgehead atoms. The molecule has 0 spiro atoms. The summed E-state index contributed by atoms with van der Waals surface area (Å²) >= 11 is 0. The van der Waals surface area contributed by atoms with Gasteiger partial charge in [0.15, 0.2) is 0 Å². The first-order chi connectivity index (χ1) is 11.4. The highest BCUT2D eigenvalue weighted by molar-refractivity contribution is 5.61. The van der Waals surface area contributed by atoms with Crippen molar-refractivity contribution in [2.24, 2.45) is 0 Å². The van der Waals surface area contributed by atoms with Crippen molar-refractivity contribution in [2.45, 2.75) is 64.3 Å². The van der Waals surface area contributed by atoms with Crippen LogP contribution in [-0.2, 0) is 17.7 Å². The van der Waals surface area contributed by atoms with Gasteiger partial charge in [0.2, 0.25) is 0 Å². The van der Waals surface area contributed by atoms with Gasteiger partial charge in [-0.15, -0.1) is 0 Å². The molecule has 1 aromatic rings. The molecule has 0 radical (unpaired) electrons. The molecule has 3 aliphatic rings. The normalized spacial score (nSPS) is 23.9. The van der Waals surface area contributed by atoms with Crippen LogP contribution in [-0.4, -0.2) is 19.2 Å². The second kappa shape index (κ2) is 6.66. The van der Waals surface area contributed by atoms with Crippen molar-refractivity contribution in [3.8, 4) is 0 Å². The quantitative estimate of drug-likeness (QED) is 0.905. The molecule has 0 fully saturated rings. The number of nitrogens with one attached hydrogen (secondary N) is 1. The Kier molecular flexibility index (Phi) is 4.41. The molecular formula is C20H28N2O. The van der Waals surface area contributed by atoms with Gasteiger partial charge in [-0.3, -0.25) is 4.84 Å². The summed E-state index contributed by atoms with van der Waals surface area (Å²) in [5.41, 5.74) is 7.31. The van der Waals surface area contributed by atoms with E-state index in [1.165, 1.54) is 73.0 Å². The first-order valence-corrected chi connectivity index (χ1v) is 9.35. The zero-order valence-corrected chi connectivity index (χ0v) is 14.2. The van der Waals surface area contributed by atoms with E-state index in [0.29, 0.717) is 6.04 Å². The van der Waals surface area contributed by atoms with Crippen molar-refractivity contribution in [3.63, 3.8) is 0 Å². The first-order valence-electron chi connectivity index (χ1n) is 9.35. The molecule has 0 saturated carbocycles. The summed E-state index contributed by atoms with van der Waals surface area (Å²) in [6.07, 6.45) is 9.80. The highest BCUT2D eigenvalue weighted by atomic mass is 16.7. The Labute approximate surface area is 139 Å². The van der Waals surface area contributed by atoms with Crippen LogP contribution < -0.4 is 10.4 Å². The molecular weight excluding hydrogens is 284 g/mol. The largest absolute Gasteiger partial charge is 0.314 e. The molecule has 0 saturated heterocycles. The fourth-order valence-electron chi connectivity index (χ4n) is 4.27. The lowest BCUT2D eigenvalue weighted by molar-refractivity contribution is 0.169. The van der Waals surface area contributed by atoms with Crippen molar-refractivity contribution in [3.05, 3.63) is 40.6 Å². The van der Waals surface area contributed by atoms with Crippen LogP contribution in [0.5, 0.6) is 0 Å². The zero-order valence-electron chi connectivity index (χ0n) is 14.2. The van der Waals surface area contributed by atoms with Crippen molar-refractivity contribution in [1.29, 1.82) is 0 Å². The van der Waals surface area contributed by atoms with E-state index in [4.69, 9.17) is 4.84 Å². The average Bonchev–Trinajstić information content (AvgIpc) is 3.03. The molecule has 2 aliphatic carbocycles. The van der Waals surface area contributed by atoms with Gasteiger partial charge in [0, 0.05) is 11.7 Å². The molecule has 0 aromatic heterocycles. The van der Waals surface area contributed by atoms with Crippen molar-refractivity contribution in [1.82, 2.24) is 5.32 Å². The Morgan fingerprint density at radius 2 is 2.13 bits per heavy atom. The van der Waals surface area contributed by atoms with Gasteiger partial charge in [-0.2, -0.15) is 0 Å². The summed E-state index contributed by atoms with van der Waals surface area (Å²) in [4.78, 5) is 6.11. The fraction of sp³-hybridized carbons (Fsp3) is 0.600. The summed E-state index contributed by atoms with van der Waals surface area (Å²) in [6, 6.07) is 7.39. The number of anilines is 1. The van der Waals surface area contributed by atoms with Crippen LogP contribution in [0.3, 0.4) is 0 Å². The van der Waals surface area contributed by atoms with Gasteiger partial charge in [-0.05, 0) is 80.7 Å². The molecule has 3 heteroatoms. The summed E-state index contributed by atoms with van der Waals surface area (Å²) in [6.45, 7) is 4.17. The number of rotatable bonds is 4. The topological polar surface area (TPSA) is 24.5 Å². The number of hydroxylamine groups is 1. The van der Waals surface area contributed by atoms with E-state index in [1.807, 2.05) is 0 Å². The summed E-state index contributed by atoms with van der Waals surface area (Å²) in [7, 11) is 0. The number of hydrogen-bond acceptors (Lipinski definition) is 3. The molecule has 1 heterocycles. The monoisotopic (exact) mass is 312 g/mol. The van der Waals surface area contributed by atoms with Crippen LogP contribution in [0.25, 0.3) is 0 Å². The first kappa shape index (κ1) is 15.2. The zero-order chi connectivity index (χ0) is 15.6. The summed E-state index contributed by atoms with van der Waals surface area (Å²) < 4.78 is 0. The van der Waals surface area contributed by atoms with Gasteiger partial charge in [0.1, 0.15) is 0 Å². The second-order valence-corrected chi connectivity index (χ2v) is 7.13. The van der Waals surface area contributed by atoms with Gasteiger partial charge in [0.25, 0.3) is 0 Å². The van der Waals surface area contributed by atoms with Crippen molar-refractivity contribution >= 4 is 5.69 Å². The van der Waals surface area contributed by atoms with Gasteiger partial charge in [-0.1, -0.05) is 19.1 Å². The molecule has 124 valence electrons. The van der Waals surface area contributed by atoms with Crippen LogP contribution in [0.15, 0.2) is 29.5 Å². The van der Waals surface area contributed by atoms with E-state index < -0.39 is 0 Å². The fourth-order valence-corrected chi connectivity index (χ4v) is 4.27. The maximum atomic E-state index is 6.11. The second-order valence-electron chi connectivity index (χ2n) is 7.13. The van der Waals surface area contributed by atoms with Crippen LogP contribution in [0.4, 0.5) is 5.69 Å². The maximum Gasteiger partial charge on any atom is 0.0984 e. The van der Waals surface area contributed by atoms with E-state index in [-0.39, 0.29) is 0 Å². The third-order valence-electron chi connectivity index (χ3n) is 5.53. The highest BCUT2D eigenvalue weighted by Crippen LogP contribution is 2.39. The lowest BCUT2D eigenvalue weighted by Gasteiger charge is -2.31. The molecule has 1 aliphatic heterocycles. The SMILES string of the molecule is CCCNC1CCc2cccc(N3OCC4=C3CCCC4)c2C1. The highest BCUT2D eigenvalue weighted by Gasteiger charge is 2.30. The Bertz CT molecular complexity index is 608. The number of benzene rings is 1.